The van der Waals surface area contributed by atoms with Crippen molar-refractivity contribution in [3.8, 4) is 0 Å². The number of nitrogens with zero attached hydrogens (tertiary/aromatic N) is 1. The Labute approximate surface area is 177 Å². The van der Waals surface area contributed by atoms with Crippen LogP contribution in [-0.4, -0.2) is 34.1 Å². The highest BCUT2D eigenvalue weighted by Crippen LogP contribution is 2.26. The fraction of sp³-hybridized carbons (Fsp3) is 0.667. The number of hydrogen-bond donors (Lipinski definition) is 3. The van der Waals surface area contributed by atoms with Gasteiger partial charge in [-0.05, 0) is 50.6 Å². The van der Waals surface area contributed by atoms with Gasteiger partial charge in [0.25, 0.3) is 5.69 Å². The van der Waals surface area contributed by atoms with Crippen molar-refractivity contribution in [2.24, 2.45) is 0 Å². The summed E-state index contributed by atoms with van der Waals surface area (Å²) in [5.41, 5.74) is -0.0439. The summed E-state index contributed by atoms with van der Waals surface area (Å²) in [7, 11) is 0. The van der Waals surface area contributed by atoms with Gasteiger partial charge in [0.2, 0.25) is 0 Å². The van der Waals surface area contributed by atoms with Crippen LogP contribution in [-0.2, 0) is 4.79 Å². The molecule has 0 spiro atoms. The van der Waals surface area contributed by atoms with Crippen molar-refractivity contribution in [3.05, 3.63) is 34.4 Å². The Hall–Kier alpha value is -1.64. The maximum atomic E-state index is 10.6. The molecule has 2 saturated carbocycles. The number of hydrogen-bond acceptors (Lipinski definition) is 6. The molecule has 2 aliphatic rings. The van der Waals surface area contributed by atoms with Gasteiger partial charge in [-0.2, -0.15) is 0 Å². The molecule has 3 N–H and O–H groups in total. The molecule has 0 heterocycles. The zero-order valence-electron chi connectivity index (χ0n) is 17.1. The lowest BCUT2D eigenvalue weighted by Crippen LogP contribution is -2.40. The van der Waals surface area contributed by atoms with Crippen molar-refractivity contribution in [2.75, 3.05) is 0 Å². The highest BCUT2D eigenvalue weighted by atomic mass is 32.2. The molecular formula is C21H33N3O4S. The molecule has 2 fully saturated rings. The minimum Gasteiger partial charge on any atom is -0.480 e. The van der Waals surface area contributed by atoms with Crippen LogP contribution in [0, 0.1) is 10.1 Å². The molecule has 0 aliphatic heterocycles. The second kappa shape index (κ2) is 12.8. The molecule has 1 atom stereocenters. The maximum Gasteiger partial charge on any atom is 0.321 e. The summed E-state index contributed by atoms with van der Waals surface area (Å²) in [5, 5.41) is 23.1. The van der Waals surface area contributed by atoms with Crippen molar-refractivity contribution < 1.29 is 14.8 Å². The van der Waals surface area contributed by atoms with Crippen molar-refractivity contribution in [1.82, 2.24) is 10.0 Å². The number of carboxylic acid groups (broad SMARTS) is 1. The third kappa shape index (κ3) is 8.72. The van der Waals surface area contributed by atoms with E-state index in [0.717, 1.165) is 24.0 Å². The summed E-state index contributed by atoms with van der Waals surface area (Å²) in [4.78, 5) is 21.1. The Morgan fingerprint density at radius 2 is 1.59 bits per heavy atom. The van der Waals surface area contributed by atoms with E-state index in [0.29, 0.717) is 4.90 Å². The summed E-state index contributed by atoms with van der Waals surface area (Å²) in [5.74, 6) is -1.01. The largest absolute Gasteiger partial charge is 0.480 e. The smallest absolute Gasteiger partial charge is 0.321 e. The predicted molar refractivity (Wildman–Crippen MR) is 116 cm³/mol. The number of carbonyl (C=O) groups is 1. The molecular weight excluding hydrogens is 390 g/mol. The SMILES string of the molecule is C1CCC(NC2CCCCC2)CC1.C[C@@H](NSc1ccccc1[N+](=O)[O-])C(=O)O. The number of nitro benzene ring substituents is 1. The van der Waals surface area contributed by atoms with E-state index in [-0.39, 0.29) is 5.69 Å². The van der Waals surface area contributed by atoms with E-state index in [1.807, 2.05) is 0 Å². The van der Waals surface area contributed by atoms with Gasteiger partial charge in [-0.1, -0.05) is 50.7 Å². The molecule has 0 unspecified atom stereocenters. The van der Waals surface area contributed by atoms with Gasteiger partial charge in [-0.15, -0.1) is 0 Å². The van der Waals surface area contributed by atoms with Crippen LogP contribution in [0.1, 0.15) is 71.1 Å². The van der Waals surface area contributed by atoms with Crippen LogP contribution in [0.3, 0.4) is 0 Å². The first kappa shape index (κ1) is 23.6. The van der Waals surface area contributed by atoms with Crippen LogP contribution >= 0.6 is 11.9 Å². The van der Waals surface area contributed by atoms with E-state index < -0.39 is 16.9 Å². The highest BCUT2D eigenvalue weighted by Gasteiger charge is 2.19. The van der Waals surface area contributed by atoms with E-state index in [1.54, 1.807) is 18.2 Å². The molecule has 2 aliphatic carbocycles. The first-order valence-electron chi connectivity index (χ1n) is 10.6. The lowest BCUT2D eigenvalue weighted by Gasteiger charge is -2.30. The van der Waals surface area contributed by atoms with Gasteiger partial charge in [0.15, 0.2) is 0 Å². The van der Waals surface area contributed by atoms with Gasteiger partial charge in [0, 0.05) is 18.2 Å². The summed E-state index contributed by atoms with van der Waals surface area (Å²) in [6.07, 6.45) is 14.6. The highest BCUT2D eigenvalue weighted by molar-refractivity contribution is 7.97. The van der Waals surface area contributed by atoms with E-state index in [9.17, 15) is 14.9 Å². The Balaban J connectivity index is 0.000000211. The molecule has 1 aromatic carbocycles. The molecule has 162 valence electrons. The predicted octanol–water partition coefficient (Wildman–Crippen LogP) is 4.91. The standard InChI is InChI=1S/C12H23N.C9H10N2O4S/c1-3-7-11(8-4-1)13-12-9-5-2-6-10-12;1-6(9(12)13)10-16-8-5-3-2-4-7(8)11(14)15/h11-13H,1-10H2;2-6,10H,1H3,(H,12,13)/t;6-/m.1/s1. The van der Waals surface area contributed by atoms with Gasteiger partial charge in [0.05, 0.1) is 4.92 Å². The number of aliphatic carboxylic acids is 1. The molecule has 0 radical (unpaired) electrons. The molecule has 8 heteroatoms. The number of carboxylic acids is 1. The topological polar surface area (TPSA) is 105 Å². The Morgan fingerprint density at radius 1 is 1.07 bits per heavy atom. The Bertz CT molecular complexity index is 631. The van der Waals surface area contributed by atoms with Gasteiger partial charge < -0.3 is 10.4 Å². The van der Waals surface area contributed by atoms with Crippen molar-refractivity contribution >= 4 is 23.6 Å². The lowest BCUT2D eigenvalue weighted by atomic mass is 9.91. The van der Waals surface area contributed by atoms with Crippen LogP contribution in [0.4, 0.5) is 5.69 Å². The van der Waals surface area contributed by atoms with Crippen LogP contribution in [0.5, 0.6) is 0 Å². The second-order valence-electron chi connectivity index (χ2n) is 7.84. The van der Waals surface area contributed by atoms with Crippen LogP contribution in [0.15, 0.2) is 29.2 Å². The van der Waals surface area contributed by atoms with Gasteiger partial charge in [-0.3, -0.25) is 14.9 Å². The number of nitrogens with one attached hydrogen (secondary N) is 2. The van der Waals surface area contributed by atoms with Gasteiger partial charge in [-0.25, -0.2) is 4.72 Å². The molecule has 7 nitrogen and oxygen atoms in total. The number of para-hydroxylation sites is 1. The van der Waals surface area contributed by atoms with Gasteiger partial charge >= 0.3 is 5.97 Å². The van der Waals surface area contributed by atoms with E-state index >= 15 is 0 Å². The zero-order valence-corrected chi connectivity index (χ0v) is 18.0. The molecule has 3 rings (SSSR count). The van der Waals surface area contributed by atoms with Crippen molar-refractivity contribution in [2.45, 2.75) is 94.2 Å². The fourth-order valence-electron chi connectivity index (χ4n) is 3.77. The molecule has 1 aromatic rings. The van der Waals surface area contributed by atoms with E-state index in [4.69, 9.17) is 5.11 Å². The first-order chi connectivity index (χ1) is 14.0. The third-order valence-electron chi connectivity index (χ3n) is 5.46. The summed E-state index contributed by atoms with van der Waals surface area (Å²) >= 11 is 0.939. The van der Waals surface area contributed by atoms with E-state index in [1.165, 1.54) is 77.2 Å². The van der Waals surface area contributed by atoms with Crippen molar-refractivity contribution in [1.29, 1.82) is 0 Å². The lowest BCUT2D eigenvalue weighted by molar-refractivity contribution is -0.387. The average molecular weight is 424 g/mol. The van der Waals surface area contributed by atoms with Crippen LogP contribution in [0.2, 0.25) is 0 Å². The minimum absolute atomic E-state index is 0.0439. The van der Waals surface area contributed by atoms with Crippen molar-refractivity contribution in [3.63, 3.8) is 0 Å². The quantitative estimate of drug-likeness (QED) is 0.325. The summed E-state index contributed by atoms with van der Waals surface area (Å²) in [6.45, 7) is 1.46. The summed E-state index contributed by atoms with van der Waals surface area (Å²) in [6, 6.07) is 7.11. The molecule has 29 heavy (non-hydrogen) atoms. The normalized spacial score (nSPS) is 19.1. The number of nitro groups is 1. The van der Waals surface area contributed by atoms with Crippen LogP contribution < -0.4 is 10.0 Å². The first-order valence-corrected chi connectivity index (χ1v) is 11.4. The minimum atomic E-state index is -1.01. The van der Waals surface area contributed by atoms with E-state index in [2.05, 4.69) is 10.0 Å². The number of rotatable bonds is 7. The fourth-order valence-corrected chi connectivity index (χ4v) is 4.57. The molecule has 0 bridgehead atoms. The Morgan fingerprint density at radius 3 is 2.07 bits per heavy atom. The van der Waals surface area contributed by atoms with Gasteiger partial charge in [0.1, 0.15) is 10.9 Å². The Kier molecular flexibility index (Phi) is 10.5. The second-order valence-corrected chi connectivity index (χ2v) is 8.72. The molecule has 0 aromatic heterocycles. The third-order valence-corrected chi connectivity index (χ3v) is 6.50. The number of benzene rings is 1. The average Bonchev–Trinajstić information content (AvgIpc) is 2.74. The zero-order chi connectivity index (χ0) is 21.1. The molecule has 0 amide bonds. The monoisotopic (exact) mass is 423 g/mol. The summed E-state index contributed by atoms with van der Waals surface area (Å²) < 4.78 is 2.61. The van der Waals surface area contributed by atoms with Crippen LogP contribution in [0.25, 0.3) is 0 Å². The molecule has 0 saturated heterocycles. The maximum absolute atomic E-state index is 10.6.